The first-order valence-electron chi connectivity index (χ1n) is 8.68. The minimum atomic E-state index is -3.36. The summed E-state index contributed by atoms with van der Waals surface area (Å²) >= 11 is 1.60. The minimum Gasteiger partial charge on any atom is -0.337 e. The fourth-order valence-electron chi connectivity index (χ4n) is 3.56. The quantitative estimate of drug-likeness (QED) is 0.885. The van der Waals surface area contributed by atoms with Gasteiger partial charge in [0.15, 0.2) is 0 Å². The van der Waals surface area contributed by atoms with E-state index < -0.39 is 15.3 Å². The van der Waals surface area contributed by atoms with Gasteiger partial charge in [-0.15, -0.1) is 11.3 Å². The molecule has 1 aromatic rings. The molecule has 2 heterocycles. The van der Waals surface area contributed by atoms with Crippen LogP contribution in [-0.2, 0) is 22.9 Å². The molecule has 1 saturated heterocycles. The third kappa shape index (κ3) is 3.68. The largest absolute Gasteiger partial charge is 0.337 e. The molecule has 1 aliphatic carbocycles. The Morgan fingerprint density at radius 3 is 2.83 bits per heavy atom. The molecule has 0 radical (unpaired) electrons. The maximum absolute atomic E-state index is 12.8. The molecule has 2 aliphatic rings. The van der Waals surface area contributed by atoms with Crippen molar-refractivity contribution >= 4 is 27.3 Å². The van der Waals surface area contributed by atoms with E-state index >= 15 is 0 Å². The molecular weight excluding hydrogens is 344 g/mol. The van der Waals surface area contributed by atoms with Gasteiger partial charge in [0, 0.05) is 24.0 Å². The van der Waals surface area contributed by atoms with E-state index in [2.05, 4.69) is 11.6 Å². The van der Waals surface area contributed by atoms with Crippen LogP contribution < -0.4 is 4.72 Å². The third-order valence-corrected chi connectivity index (χ3v) is 8.10. The van der Waals surface area contributed by atoms with Gasteiger partial charge in [-0.05, 0) is 57.1 Å². The predicted molar refractivity (Wildman–Crippen MR) is 97.0 cm³/mol. The van der Waals surface area contributed by atoms with Gasteiger partial charge in [0.05, 0.1) is 10.1 Å². The maximum Gasteiger partial charge on any atom is 0.263 e. The van der Waals surface area contributed by atoms with Crippen molar-refractivity contribution in [1.82, 2.24) is 9.62 Å². The summed E-state index contributed by atoms with van der Waals surface area (Å²) in [4.78, 5) is 16.6. The van der Waals surface area contributed by atoms with Crippen molar-refractivity contribution in [2.75, 3.05) is 13.1 Å². The normalized spacial score (nSPS) is 24.4. The molecule has 0 spiro atoms. The number of likely N-dealkylation sites (tertiary alicyclic amines) is 1. The van der Waals surface area contributed by atoms with Crippen LogP contribution in [0.5, 0.6) is 0 Å². The molecule has 0 bridgehead atoms. The molecule has 1 N–H and O–H groups in total. The fourth-order valence-corrected chi connectivity index (χ4v) is 6.38. The van der Waals surface area contributed by atoms with E-state index in [-0.39, 0.29) is 11.9 Å². The number of nitrogens with zero attached hydrogens (tertiary/aromatic N) is 1. The van der Waals surface area contributed by atoms with Crippen molar-refractivity contribution in [2.24, 2.45) is 5.92 Å². The second-order valence-electron chi connectivity index (χ2n) is 7.39. The molecule has 3 rings (SSSR count). The van der Waals surface area contributed by atoms with Crippen LogP contribution in [0.1, 0.15) is 53.7 Å². The number of carbonyl (C=O) groups is 1. The highest BCUT2D eigenvalue weighted by atomic mass is 32.2. The maximum atomic E-state index is 12.8. The molecule has 1 aliphatic heterocycles. The molecule has 0 aromatic carbocycles. The van der Waals surface area contributed by atoms with Crippen LogP contribution >= 0.6 is 11.3 Å². The average Bonchev–Trinajstić information content (AvgIpc) is 3.11. The van der Waals surface area contributed by atoms with Crippen LogP contribution in [0.3, 0.4) is 0 Å². The number of rotatable bonds is 4. The molecule has 1 fully saturated rings. The van der Waals surface area contributed by atoms with Crippen molar-refractivity contribution in [3.05, 3.63) is 21.4 Å². The highest BCUT2D eigenvalue weighted by Gasteiger charge is 2.36. The smallest absolute Gasteiger partial charge is 0.263 e. The number of carbonyl (C=O) groups excluding carboxylic acids is 1. The van der Waals surface area contributed by atoms with E-state index in [1.165, 1.54) is 16.9 Å². The van der Waals surface area contributed by atoms with Crippen LogP contribution in [0.25, 0.3) is 0 Å². The molecule has 5 nitrogen and oxygen atoms in total. The van der Waals surface area contributed by atoms with Crippen LogP contribution in [0.15, 0.2) is 6.07 Å². The number of sulfonamides is 1. The SMILES string of the molecule is CC1CCc2sc(C(=O)N3CCC(S(=O)(=O)NC(C)C)C3)cc2C1. The first kappa shape index (κ1) is 17.9. The fraction of sp³-hybridized carbons (Fsp3) is 0.706. The predicted octanol–water partition coefficient (Wildman–Crippen LogP) is 2.42. The zero-order valence-corrected chi connectivity index (χ0v) is 16.2. The summed E-state index contributed by atoms with van der Waals surface area (Å²) in [6, 6.07) is 1.91. The molecule has 134 valence electrons. The van der Waals surface area contributed by atoms with Gasteiger partial charge in [-0.2, -0.15) is 0 Å². The van der Waals surface area contributed by atoms with Gasteiger partial charge in [-0.3, -0.25) is 4.79 Å². The zero-order valence-electron chi connectivity index (χ0n) is 14.5. The number of hydrogen-bond donors (Lipinski definition) is 1. The third-order valence-electron chi connectivity index (χ3n) is 4.81. The van der Waals surface area contributed by atoms with E-state index in [1.54, 1.807) is 16.2 Å². The van der Waals surface area contributed by atoms with Crippen LogP contribution in [0.4, 0.5) is 0 Å². The second-order valence-corrected chi connectivity index (χ2v) is 10.5. The number of thiophene rings is 1. The highest BCUT2D eigenvalue weighted by molar-refractivity contribution is 7.90. The standard InChI is InChI=1S/C17H26N2O3S2/c1-11(2)18-24(21,22)14-6-7-19(10-14)17(20)16-9-13-8-12(3)4-5-15(13)23-16/h9,11-12,14,18H,4-8,10H2,1-3H3. The van der Waals surface area contributed by atoms with E-state index in [4.69, 9.17) is 0 Å². The van der Waals surface area contributed by atoms with Gasteiger partial charge in [-0.1, -0.05) is 6.92 Å². The van der Waals surface area contributed by atoms with Gasteiger partial charge in [0.25, 0.3) is 5.91 Å². The molecule has 1 aromatic heterocycles. The van der Waals surface area contributed by atoms with Gasteiger partial charge < -0.3 is 4.90 Å². The van der Waals surface area contributed by atoms with Crippen molar-refractivity contribution in [1.29, 1.82) is 0 Å². The highest BCUT2D eigenvalue weighted by Crippen LogP contribution is 2.33. The van der Waals surface area contributed by atoms with E-state index in [1.807, 2.05) is 19.9 Å². The Hall–Kier alpha value is -0.920. The van der Waals surface area contributed by atoms with Crippen molar-refractivity contribution < 1.29 is 13.2 Å². The van der Waals surface area contributed by atoms with Gasteiger partial charge in [0.2, 0.25) is 10.0 Å². The Bertz CT molecular complexity index is 724. The number of aryl methyl sites for hydroxylation is 1. The van der Waals surface area contributed by atoms with Gasteiger partial charge >= 0.3 is 0 Å². The Balaban J connectivity index is 1.69. The van der Waals surface area contributed by atoms with Crippen LogP contribution in [0, 0.1) is 5.92 Å². The molecule has 2 atom stereocenters. The lowest BCUT2D eigenvalue weighted by Gasteiger charge is -2.17. The number of amides is 1. The molecule has 24 heavy (non-hydrogen) atoms. The second kappa shape index (κ2) is 6.77. The summed E-state index contributed by atoms with van der Waals surface area (Å²) in [5.74, 6) is 0.669. The molecular formula is C17H26N2O3S2. The Morgan fingerprint density at radius 1 is 1.38 bits per heavy atom. The molecule has 7 heteroatoms. The summed E-state index contributed by atoms with van der Waals surface area (Å²) < 4.78 is 27.2. The van der Waals surface area contributed by atoms with Gasteiger partial charge in [0.1, 0.15) is 0 Å². The molecule has 2 unspecified atom stereocenters. The Kier molecular flexibility index (Phi) is 5.04. The topological polar surface area (TPSA) is 66.5 Å². The summed E-state index contributed by atoms with van der Waals surface area (Å²) in [6.45, 7) is 6.68. The van der Waals surface area contributed by atoms with Crippen LogP contribution in [-0.4, -0.2) is 43.6 Å². The lowest BCUT2D eigenvalue weighted by molar-refractivity contribution is 0.0798. The summed E-state index contributed by atoms with van der Waals surface area (Å²) in [5, 5.41) is -0.501. The number of fused-ring (bicyclic) bond motifs is 1. The molecule has 1 amide bonds. The first-order chi connectivity index (χ1) is 11.3. The monoisotopic (exact) mass is 370 g/mol. The van der Waals surface area contributed by atoms with E-state index in [0.29, 0.717) is 25.4 Å². The van der Waals surface area contributed by atoms with Gasteiger partial charge in [-0.25, -0.2) is 13.1 Å². The lowest BCUT2D eigenvalue weighted by atomic mass is 9.90. The van der Waals surface area contributed by atoms with Crippen molar-refractivity contribution in [3.63, 3.8) is 0 Å². The number of hydrogen-bond acceptors (Lipinski definition) is 4. The lowest BCUT2D eigenvalue weighted by Crippen LogP contribution is -2.40. The van der Waals surface area contributed by atoms with Crippen molar-refractivity contribution in [2.45, 2.75) is 57.7 Å². The zero-order chi connectivity index (χ0) is 17.5. The minimum absolute atomic E-state index is 0.00991. The molecule has 0 saturated carbocycles. The summed E-state index contributed by atoms with van der Waals surface area (Å²) in [6.07, 6.45) is 3.81. The average molecular weight is 371 g/mol. The Morgan fingerprint density at radius 2 is 2.12 bits per heavy atom. The van der Waals surface area contributed by atoms with E-state index in [9.17, 15) is 13.2 Å². The summed E-state index contributed by atoms with van der Waals surface area (Å²) in [7, 11) is -3.36. The van der Waals surface area contributed by atoms with Crippen molar-refractivity contribution in [3.8, 4) is 0 Å². The first-order valence-corrected chi connectivity index (χ1v) is 11.0. The number of nitrogens with one attached hydrogen (secondary N) is 1. The Labute approximate surface area is 148 Å². The van der Waals surface area contributed by atoms with E-state index in [0.717, 1.165) is 17.7 Å². The summed E-state index contributed by atoms with van der Waals surface area (Å²) in [5.41, 5.74) is 1.31. The van der Waals surface area contributed by atoms with Crippen LogP contribution in [0.2, 0.25) is 0 Å².